The molecule has 1 N–H and O–H groups in total. The number of aromatic nitrogens is 2. The second-order valence-electron chi connectivity index (χ2n) is 5.94. The maximum atomic E-state index is 12.9. The Morgan fingerprint density at radius 1 is 1.00 bits per heavy atom. The number of hydrogen-bond acceptors (Lipinski definition) is 4. The Bertz CT molecular complexity index is 1360. The van der Waals surface area contributed by atoms with E-state index in [0.29, 0.717) is 15.4 Å². The number of anilines is 2. The van der Waals surface area contributed by atoms with Crippen LogP contribution in [0.3, 0.4) is 0 Å². The number of hydrogen-bond donors (Lipinski definition) is 1. The highest BCUT2D eigenvalue weighted by Gasteiger charge is 2.12. The summed E-state index contributed by atoms with van der Waals surface area (Å²) in [5, 5.41) is 4.66. The minimum absolute atomic E-state index is 0.0383. The monoisotopic (exact) mass is 377 g/mol. The highest BCUT2D eigenvalue weighted by Crippen LogP contribution is 2.28. The third-order valence-electron chi connectivity index (χ3n) is 4.30. The number of fused-ring (bicyclic) bond motifs is 4. The van der Waals surface area contributed by atoms with Crippen LogP contribution in [0.15, 0.2) is 71.5 Å². The molecule has 126 valence electrons. The van der Waals surface area contributed by atoms with Crippen LogP contribution < -0.4 is 10.9 Å². The first-order valence-electron chi connectivity index (χ1n) is 8.06. The smallest absolute Gasteiger partial charge is 0.266 e. The largest absolute Gasteiger partial charge is 0.354 e. The summed E-state index contributed by atoms with van der Waals surface area (Å²) >= 11 is 7.73. The van der Waals surface area contributed by atoms with E-state index < -0.39 is 0 Å². The number of para-hydroxylation sites is 1. The van der Waals surface area contributed by atoms with Gasteiger partial charge in [0.1, 0.15) is 0 Å². The molecule has 0 bridgehead atoms. The highest BCUT2D eigenvalue weighted by molar-refractivity contribution is 7.23. The quantitative estimate of drug-likeness (QED) is 0.444. The molecular formula is C20H12ClN3OS. The van der Waals surface area contributed by atoms with E-state index in [1.54, 1.807) is 4.40 Å². The van der Waals surface area contributed by atoms with Crippen molar-refractivity contribution in [2.45, 2.75) is 0 Å². The van der Waals surface area contributed by atoms with Crippen LogP contribution in [0.25, 0.3) is 26.1 Å². The lowest BCUT2D eigenvalue weighted by Crippen LogP contribution is -2.11. The number of halogens is 1. The first kappa shape index (κ1) is 15.4. The van der Waals surface area contributed by atoms with Crippen molar-refractivity contribution in [1.82, 2.24) is 9.38 Å². The van der Waals surface area contributed by atoms with Crippen LogP contribution in [0.1, 0.15) is 0 Å². The van der Waals surface area contributed by atoms with E-state index in [-0.39, 0.29) is 5.56 Å². The number of benzene rings is 3. The number of rotatable bonds is 2. The molecule has 0 radical (unpaired) electrons. The summed E-state index contributed by atoms with van der Waals surface area (Å²) < 4.78 is 2.62. The molecule has 3 aromatic carbocycles. The summed E-state index contributed by atoms with van der Waals surface area (Å²) in [6.07, 6.45) is 0. The van der Waals surface area contributed by atoms with Gasteiger partial charge in [0, 0.05) is 10.4 Å². The van der Waals surface area contributed by atoms with Crippen LogP contribution in [-0.4, -0.2) is 9.38 Å². The fourth-order valence-electron chi connectivity index (χ4n) is 3.07. The van der Waals surface area contributed by atoms with Gasteiger partial charge in [-0.3, -0.25) is 4.79 Å². The predicted octanol–water partition coefficient (Wildman–Crippen LogP) is 5.46. The van der Waals surface area contributed by atoms with E-state index in [2.05, 4.69) is 10.3 Å². The highest BCUT2D eigenvalue weighted by atomic mass is 35.5. The minimum Gasteiger partial charge on any atom is -0.354 e. The number of nitrogens with one attached hydrogen (secondary N) is 1. The molecule has 0 spiro atoms. The molecule has 0 saturated carbocycles. The summed E-state index contributed by atoms with van der Waals surface area (Å²) in [6, 6.07) is 21.0. The fraction of sp³-hybridized carbons (Fsp3) is 0. The lowest BCUT2D eigenvalue weighted by atomic mass is 10.2. The van der Waals surface area contributed by atoms with Gasteiger partial charge in [-0.1, -0.05) is 47.2 Å². The lowest BCUT2D eigenvalue weighted by molar-refractivity contribution is 1.20. The molecule has 2 heterocycles. The van der Waals surface area contributed by atoms with Crippen LogP contribution >= 0.6 is 22.9 Å². The fourth-order valence-corrected chi connectivity index (χ4v) is 4.28. The molecule has 4 nitrogen and oxygen atoms in total. The number of imidazole rings is 1. The van der Waals surface area contributed by atoms with Crippen LogP contribution in [-0.2, 0) is 0 Å². The molecule has 0 aliphatic heterocycles. The van der Waals surface area contributed by atoms with Gasteiger partial charge in [-0.15, -0.1) is 0 Å². The zero-order valence-electron chi connectivity index (χ0n) is 13.4. The van der Waals surface area contributed by atoms with E-state index >= 15 is 0 Å². The normalized spacial score (nSPS) is 11.4. The van der Waals surface area contributed by atoms with Crippen LogP contribution in [0.4, 0.5) is 11.4 Å². The third kappa shape index (κ3) is 2.36. The SMILES string of the molecule is O=c1c2ccccc2sc2nc3cc(Nc4ccccc4Cl)ccc3n12. The maximum Gasteiger partial charge on any atom is 0.266 e. The van der Waals surface area contributed by atoms with Gasteiger partial charge in [-0.05, 0) is 42.5 Å². The molecule has 5 rings (SSSR count). The Morgan fingerprint density at radius 3 is 2.69 bits per heavy atom. The summed E-state index contributed by atoms with van der Waals surface area (Å²) in [6.45, 7) is 0. The van der Waals surface area contributed by atoms with Crippen molar-refractivity contribution < 1.29 is 0 Å². The van der Waals surface area contributed by atoms with E-state index in [1.807, 2.05) is 66.7 Å². The molecule has 26 heavy (non-hydrogen) atoms. The minimum atomic E-state index is -0.0383. The van der Waals surface area contributed by atoms with E-state index in [1.165, 1.54) is 11.3 Å². The first-order valence-corrected chi connectivity index (χ1v) is 9.26. The maximum absolute atomic E-state index is 12.9. The molecule has 0 aliphatic carbocycles. The van der Waals surface area contributed by atoms with Gasteiger partial charge in [0.05, 0.1) is 27.1 Å². The molecule has 0 atom stereocenters. The molecular weight excluding hydrogens is 366 g/mol. The van der Waals surface area contributed by atoms with Crippen LogP contribution in [0, 0.1) is 0 Å². The Kier molecular flexibility index (Phi) is 3.45. The lowest BCUT2D eigenvalue weighted by Gasteiger charge is -2.08. The van der Waals surface area contributed by atoms with Crippen molar-refractivity contribution in [3.63, 3.8) is 0 Å². The third-order valence-corrected chi connectivity index (χ3v) is 5.66. The van der Waals surface area contributed by atoms with Crippen molar-refractivity contribution in [1.29, 1.82) is 0 Å². The number of nitrogens with zero attached hydrogens (tertiary/aromatic N) is 2. The second-order valence-corrected chi connectivity index (χ2v) is 7.36. The van der Waals surface area contributed by atoms with E-state index in [9.17, 15) is 4.79 Å². The van der Waals surface area contributed by atoms with Gasteiger partial charge in [0.15, 0.2) is 4.96 Å². The van der Waals surface area contributed by atoms with Gasteiger partial charge in [0.2, 0.25) is 0 Å². The van der Waals surface area contributed by atoms with Crippen molar-refractivity contribution in [2.75, 3.05) is 5.32 Å². The zero-order valence-corrected chi connectivity index (χ0v) is 15.0. The first-order chi connectivity index (χ1) is 12.7. The van der Waals surface area contributed by atoms with Crippen molar-refractivity contribution >= 4 is 60.4 Å². The molecule has 6 heteroatoms. The summed E-state index contributed by atoms with van der Waals surface area (Å²) in [7, 11) is 0. The molecule has 0 aliphatic rings. The topological polar surface area (TPSA) is 46.4 Å². The van der Waals surface area contributed by atoms with Crippen LogP contribution in [0.2, 0.25) is 5.02 Å². The summed E-state index contributed by atoms with van der Waals surface area (Å²) in [5.41, 5.74) is 3.23. The zero-order chi connectivity index (χ0) is 17.7. The molecule has 0 fully saturated rings. The Morgan fingerprint density at radius 2 is 1.81 bits per heavy atom. The van der Waals surface area contributed by atoms with Crippen LogP contribution in [0.5, 0.6) is 0 Å². The van der Waals surface area contributed by atoms with Gasteiger partial charge < -0.3 is 5.32 Å². The predicted molar refractivity (Wildman–Crippen MR) is 109 cm³/mol. The molecule has 0 amide bonds. The second kappa shape index (κ2) is 5.83. The summed E-state index contributed by atoms with van der Waals surface area (Å²) in [5.74, 6) is 0. The van der Waals surface area contributed by atoms with Crippen molar-refractivity contribution in [3.8, 4) is 0 Å². The van der Waals surface area contributed by atoms with Crippen molar-refractivity contribution in [3.05, 3.63) is 82.1 Å². The molecule has 2 aromatic heterocycles. The van der Waals surface area contributed by atoms with Crippen molar-refractivity contribution in [2.24, 2.45) is 0 Å². The summed E-state index contributed by atoms with van der Waals surface area (Å²) in [4.78, 5) is 18.2. The Hall–Kier alpha value is -2.89. The van der Waals surface area contributed by atoms with Gasteiger partial charge in [-0.25, -0.2) is 9.38 Å². The average molecular weight is 378 g/mol. The Labute approximate surface area is 157 Å². The van der Waals surface area contributed by atoms with E-state index in [4.69, 9.17) is 11.6 Å². The standard InChI is InChI=1S/C20H12ClN3OS/c21-14-6-2-3-7-15(14)22-12-9-10-17-16(11-12)23-20-24(17)19(25)13-5-1-4-8-18(13)26-20/h1-11,22H. The van der Waals surface area contributed by atoms with Gasteiger partial charge in [-0.2, -0.15) is 0 Å². The molecule has 0 saturated heterocycles. The van der Waals surface area contributed by atoms with Gasteiger partial charge in [0.25, 0.3) is 5.56 Å². The van der Waals surface area contributed by atoms with E-state index in [0.717, 1.165) is 27.1 Å². The average Bonchev–Trinajstić information content (AvgIpc) is 3.01. The Balaban J connectivity index is 1.71. The van der Waals surface area contributed by atoms with Gasteiger partial charge >= 0.3 is 0 Å². The molecule has 5 aromatic rings. The molecule has 0 unspecified atom stereocenters.